The molecule has 1 aromatic carbocycles. The molecule has 0 aliphatic carbocycles. The van der Waals surface area contributed by atoms with Crippen molar-refractivity contribution in [2.24, 2.45) is 0 Å². The Balaban J connectivity index is 2.15. The van der Waals surface area contributed by atoms with Crippen LogP contribution in [0.1, 0.15) is 15.9 Å². The van der Waals surface area contributed by atoms with Crippen LogP contribution in [0.2, 0.25) is 0 Å². The average molecular weight is 340 g/mol. The molecule has 0 unspecified atom stereocenters. The monoisotopic (exact) mass is 339 g/mol. The highest BCUT2D eigenvalue weighted by molar-refractivity contribution is 9.10. The van der Waals surface area contributed by atoms with Crippen molar-refractivity contribution in [3.63, 3.8) is 0 Å². The lowest BCUT2D eigenvalue weighted by atomic mass is 10.2. The van der Waals surface area contributed by atoms with Crippen LogP contribution >= 0.6 is 15.9 Å². The first-order valence-electron chi connectivity index (χ1n) is 5.49. The maximum absolute atomic E-state index is 12.0. The summed E-state index contributed by atoms with van der Waals surface area (Å²) in [4.78, 5) is 22.2. The Hall–Kier alpha value is -2.42. The number of nitrogens with two attached hydrogens (primary N) is 1. The minimum absolute atomic E-state index is 0.152. The van der Waals surface area contributed by atoms with Crippen molar-refractivity contribution >= 4 is 33.3 Å². The van der Waals surface area contributed by atoms with Crippen LogP contribution in [0.4, 0.5) is 11.5 Å². The molecule has 0 fully saturated rings. The number of halogens is 1. The first-order chi connectivity index (χ1) is 9.49. The van der Waals surface area contributed by atoms with E-state index in [4.69, 9.17) is 5.73 Å². The number of aromatic nitrogens is 2. The molecule has 0 aliphatic rings. The molecule has 8 nitrogen and oxygen atoms in total. The number of nitro benzene ring substituents is 1. The zero-order valence-corrected chi connectivity index (χ0v) is 11.7. The average Bonchev–Trinajstić information content (AvgIpc) is 2.81. The summed E-state index contributed by atoms with van der Waals surface area (Å²) < 4.78 is 0.473. The molecule has 0 saturated carbocycles. The molecule has 0 spiro atoms. The Morgan fingerprint density at radius 3 is 2.90 bits per heavy atom. The standard InChI is InChI=1S/C11H10BrN5O3/c12-9-2-1-7(17(19)20)3-8(9)11(18)14-4-6-5-15-16-10(6)13/h1-3,5H,4H2,(H,14,18)(H3,13,15,16). The van der Waals surface area contributed by atoms with E-state index in [0.29, 0.717) is 15.9 Å². The summed E-state index contributed by atoms with van der Waals surface area (Å²) in [5.74, 6) is -0.0791. The van der Waals surface area contributed by atoms with Crippen molar-refractivity contribution in [1.82, 2.24) is 15.5 Å². The van der Waals surface area contributed by atoms with E-state index in [0.717, 1.165) is 0 Å². The lowest BCUT2D eigenvalue weighted by Crippen LogP contribution is -2.23. The van der Waals surface area contributed by atoms with Gasteiger partial charge in [-0.25, -0.2) is 0 Å². The third kappa shape index (κ3) is 2.94. The number of nitro groups is 1. The predicted molar refractivity (Wildman–Crippen MR) is 75.0 cm³/mol. The Labute approximate surface area is 121 Å². The van der Waals surface area contributed by atoms with Crippen molar-refractivity contribution in [3.05, 3.63) is 50.1 Å². The Bertz CT molecular complexity index is 670. The predicted octanol–water partition coefficient (Wildman–Crippen LogP) is 1.59. The summed E-state index contributed by atoms with van der Waals surface area (Å²) in [7, 11) is 0. The smallest absolute Gasteiger partial charge is 0.270 e. The molecule has 2 rings (SSSR count). The van der Waals surface area contributed by atoms with Gasteiger partial charge in [0.25, 0.3) is 11.6 Å². The highest BCUT2D eigenvalue weighted by atomic mass is 79.9. The number of amides is 1. The largest absolute Gasteiger partial charge is 0.384 e. The van der Waals surface area contributed by atoms with Crippen molar-refractivity contribution in [3.8, 4) is 0 Å². The first kappa shape index (κ1) is 14.0. The zero-order valence-electron chi connectivity index (χ0n) is 10.1. The number of carbonyl (C=O) groups is 1. The second-order valence-corrected chi connectivity index (χ2v) is 4.77. The summed E-state index contributed by atoms with van der Waals surface area (Å²) in [6.45, 7) is 0.177. The number of H-pyrrole nitrogens is 1. The van der Waals surface area contributed by atoms with Gasteiger partial charge in [-0.05, 0) is 22.0 Å². The Morgan fingerprint density at radius 2 is 2.30 bits per heavy atom. The van der Waals surface area contributed by atoms with Crippen LogP contribution in [-0.4, -0.2) is 21.0 Å². The third-order valence-electron chi connectivity index (χ3n) is 2.60. The molecule has 1 aromatic heterocycles. The molecule has 0 atom stereocenters. The summed E-state index contributed by atoms with van der Waals surface area (Å²) in [5.41, 5.74) is 6.26. The van der Waals surface area contributed by atoms with E-state index in [1.807, 2.05) is 0 Å². The fourth-order valence-electron chi connectivity index (χ4n) is 1.53. The molecule has 104 valence electrons. The van der Waals surface area contributed by atoms with E-state index in [1.54, 1.807) is 0 Å². The van der Waals surface area contributed by atoms with E-state index >= 15 is 0 Å². The lowest BCUT2D eigenvalue weighted by Gasteiger charge is -2.06. The van der Waals surface area contributed by atoms with E-state index in [1.165, 1.54) is 24.4 Å². The van der Waals surface area contributed by atoms with Crippen LogP contribution in [-0.2, 0) is 6.54 Å². The van der Waals surface area contributed by atoms with Gasteiger partial charge in [0, 0.05) is 28.7 Å². The van der Waals surface area contributed by atoms with Crippen LogP contribution < -0.4 is 11.1 Å². The highest BCUT2D eigenvalue weighted by Crippen LogP contribution is 2.22. The van der Waals surface area contributed by atoms with Gasteiger partial charge in [0.1, 0.15) is 5.82 Å². The number of rotatable bonds is 4. The molecular weight excluding hydrogens is 330 g/mol. The summed E-state index contributed by atoms with van der Waals surface area (Å²) >= 11 is 3.19. The summed E-state index contributed by atoms with van der Waals surface area (Å²) in [6.07, 6.45) is 1.50. The van der Waals surface area contributed by atoms with Gasteiger partial charge in [0.15, 0.2) is 0 Å². The van der Waals surface area contributed by atoms with Gasteiger partial charge >= 0.3 is 0 Å². The molecule has 1 amide bonds. The summed E-state index contributed by atoms with van der Waals surface area (Å²) in [5, 5.41) is 19.6. The number of hydrogen-bond acceptors (Lipinski definition) is 5. The van der Waals surface area contributed by atoms with Crippen LogP contribution in [0, 0.1) is 10.1 Å². The second-order valence-electron chi connectivity index (χ2n) is 3.91. The van der Waals surface area contributed by atoms with E-state index in [9.17, 15) is 14.9 Å². The molecule has 0 radical (unpaired) electrons. The third-order valence-corrected chi connectivity index (χ3v) is 3.29. The van der Waals surface area contributed by atoms with Crippen molar-refractivity contribution in [1.29, 1.82) is 0 Å². The van der Waals surface area contributed by atoms with Crippen molar-refractivity contribution in [2.45, 2.75) is 6.54 Å². The number of carbonyl (C=O) groups excluding carboxylic acids is 1. The quantitative estimate of drug-likeness (QED) is 0.575. The van der Waals surface area contributed by atoms with Gasteiger partial charge in [0.2, 0.25) is 0 Å². The fourth-order valence-corrected chi connectivity index (χ4v) is 1.96. The molecule has 2 aromatic rings. The van der Waals surface area contributed by atoms with Gasteiger partial charge in [-0.15, -0.1) is 0 Å². The number of nitrogen functional groups attached to an aromatic ring is 1. The van der Waals surface area contributed by atoms with Gasteiger partial charge in [-0.1, -0.05) is 0 Å². The number of hydrogen-bond donors (Lipinski definition) is 3. The minimum Gasteiger partial charge on any atom is -0.384 e. The van der Waals surface area contributed by atoms with Crippen LogP contribution in [0.25, 0.3) is 0 Å². The molecule has 20 heavy (non-hydrogen) atoms. The number of non-ortho nitro benzene ring substituents is 1. The maximum atomic E-state index is 12.0. The molecule has 4 N–H and O–H groups in total. The van der Waals surface area contributed by atoms with Gasteiger partial charge in [0.05, 0.1) is 16.7 Å². The minimum atomic E-state index is -0.558. The molecule has 0 saturated heterocycles. The molecule has 0 bridgehead atoms. The topological polar surface area (TPSA) is 127 Å². The number of benzene rings is 1. The maximum Gasteiger partial charge on any atom is 0.270 e. The summed E-state index contributed by atoms with van der Waals surface area (Å²) in [6, 6.07) is 3.98. The van der Waals surface area contributed by atoms with Gasteiger partial charge < -0.3 is 11.1 Å². The fraction of sp³-hybridized carbons (Fsp3) is 0.0909. The number of nitrogens with one attached hydrogen (secondary N) is 2. The van der Waals surface area contributed by atoms with Gasteiger partial charge in [-0.3, -0.25) is 20.0 Å². The second kappa shape index (κ2) is 5.70. The Morgan fingerprint density at radius 1 is 1.55 bits per heavy atom. The first-order valence-corrected chi connectivity index (χ1v) is 6.28. The number of aromatic amines is 1. The molecule has 1 heterocycles. The molecule has 9 heteroatoms. The van der Waals surface area contributed by atoms with Crippen molar-refractivity contribution < 1.29 is 9.72 Å². The van der Waals surface area contributed by atoms with E-state index in [-0.39, 0.29) is 17.8 Å². The van der Waals surface area contributed by atoms with Crippen LogP contribution in [0.3, 0.4) is 0 Å². The SMILES string of the molecule is Nc1[nH]ncc1CNC(=O)c1cc([N+](=O)[O-])ccc1Br. The van der Waals surface area contributed by atoms with Crippen LogP contribution in [0.5, 0.6) is 0 Å². The van der Waals surface area contributed by atoms with E-state index < -0.39 is 10.8 Å². The van der Waals surface area contributed by atoms with E-state index in [2.05, 4.69) is 31.4 Å². The van der Waals surface area contributed by atoms with Crippen LogP contribution in [0.15, 0.2) is 28.9 Å². The van der Waals surface area contributed by atoms with Crippen molar-refractivity contribution in [2.75, 3.05) is 5.73 Å². The Kier molecular flexibility index (Phi) is 3.99. The number of nitrogens with zero attached hydrogens (tertiary/aromatic N) is 2. The normalized spacial score (nSPS) is 10.2. The lowest BCUT2D eigenvalue weighted by molar-refractivity contribution is -0.384. The highest BCUT2D eigenvalue weighted by Gasteiger charge is 2.15. The molecular formula is C11H10BrN5O3. The van der Waals surface area contributed by atoms with Gasteiger partial charge in [-0.2, -0.15) is 5.10 Å². The number of anilines is 1. The molecule has 0 aliphatic heterocycles. The zero-order chi connectivity index (χ0) is 14.7.